The van der Waals surface area contributed by atoms with Gasteiger partial charge >= 0.3 is 0 Å². The number of carbonyl (C=O) groups is 1. The van der Waals surface area contributed by atoms with Crippen LogP contribution in [0.15, 0.2) is 49.2 Å². The lowest BCUT2D eigenvalue weighted by molar-refractivity contribution is -0.120. The van der Waals surface area contributed by atoms with Crippen LogP contribution in [-0.4, -0.2) is 43.4 Å². The van der Waals surface area contributed by atoms with Crippen molar-refractivity contribution in [3.8, 4) is 40.2 Å². The first-order valence-corrected chi connectivity index (χ1v) is 12.4. The molecule has 1 aliphatic rings. The van der Waals surface area contributed by atoms with E-state index in [0.717, 1.165) is 40.1 Å². The fourth-order valence-electron chi connectivity index (χ4n) is 4.09. The number of nitrogens with one attached hydrogen (secondary N) is 2. The van der Waals surface area contributed by atoms with Gasteiger partial charge in [-0.1, -0.05) is 0 Å². The largest absolute Gasteiger partial charge is 0.368 e. The highest BCUT2D eigenvalue weighted by atomic mass is 16.1. The van der Waals surface area contributed by atoms with Gasteiger partial charge in [0.15, 0.2) is 0 Å². The Labute approximate surface area is 215 Å². The second kappa shape index (κ2) is 11.0. The standard InChI is InChI=1S/C28H28N8O/c1-35-18-24(17-33-35)22-13-25(28-23(14-29)16-34-36(28)19-22)21-9-10-26(32-15-21)30-11-12-31-27(37)6-4-2-3-5-20-7-8-20/h9-10,13,15-20H,4-8,11-12H2,1H3,(H,30,32)(H,31,37). The number of nitrogens with zero attached hydrogens (tertiary/aromatic N) is 6. The Kier molecular flexibility index (Phi) is 7.14. The molecule has 0 spiro atoms. The number of aromatic nitrogens is 5. The Hall–Kier alpha value is -4.63. The Morgan fingerprint density at radius 1 is 1.08 bits per heavy atom. The smallest absolute Gasteiger partial charge is 0.221 e. The van der Waals surface area contributed by atoms with Crippen molar-refractivity contribution >= 4 is 17.2 Å². The van der Waals surface area contributed by atoms with Crippen molar-refractivity contribution in [3.05, 3.63) is 54.7 Å². The summed E-state index contributed by atoms with van der Waals surface area (Å²) in [7, 11) is 1.87. The number of rotatable bonds is 9. The second-order valence-corrected chi connectivity index (χ2v) is 9.22. The maximum absolute atomic E-state index is 12.0. The highest BCUT2D eigenvalue weighted by molar-refractivity contribution is 5.87. The third-order valence-electron chi connectivity index (χ3n) is 6.29. The fraction of sp³-hybridized carbons (Fsp3) is 0.321. The summed E-state index contributed by atoms with van der Waals surface area (Å²) in [4.78, 5) is 16.5. The molecule has 4 aromatic rings. The number of anilines is 1. The number of hydrogen-bond donors (Lipinski definition) is 2. The van der Waals surface area contributed by atoms with Crippen molar-refractivity contribution in [3.63, 3.8) is 0 Å². The minimum atomic E-state index is 0.0115. The van der Waals surface area contributed by atoms with Crippen LogP contribution in [0.4, 0.5) is 5.82 Å². The van der Waals surface area contributed by atoms with Crippen LogP contribution in [0, 0.1) is 29.1 Å². The quantitative estimate of drug-likeness (QED) is 0.272. The molecule has 1 fully saturated rings. The fourth-order valence-corrected chi connectivity index (χ4v) is 4.09. The second-order valence-electron chi connectivity index (χ2n) is 9.22. The molecule has 9 nitrogen and oxygen atoms in total. The molecule has 4 heterocycles. The molecular formula is C28H28N8O. The first-order chi connectivity index (χ1) is 18.1. The van der Waals surface area contributed by atoms with Crippen LogP contribution in [0.25, 0.3) is 27.8 Å². The molecule has 1 amide bonds. The van der Waals surface area contributed by atoms with Crippen molar-refractivity contribution < 1.29 is 4.79 Å². The van der Waals surface area contributed by atoms with Gasteiger partial charge < -0.3 is 10.6 Å². The number of amides is 1. The molecule has 0 saturated heterocycles. The van der Waals surface area contributed by atoms with E-state index in [9.17, 15) is 10.1 Å². The van der Waals surface area contributed by atoms with Crippen molar-refractivity contribution in [2.45, 2.75) is 32.1 Å². The number of hydrogen-bond acceptors (Lipinski definition) is 6. The third kappa shape index (κ3) is 5.96. The van der Waals surface area contributed by atoms with Crippen LogP contribution >= 0.6 is 0 Å². The van der Waals surface area contributed by atoms with E-state index in [1.165, 1.54) is 12.8 Å². The summed E-state index contributed by atoms with van der Waals surface area (Å²) in [6.07, 6.45) is 13.6. The van der Waals surface area contributed by atoms with Gasteiger partial charge in [0.1, 0.15) is 11.9 Å². The van der Waals surface area contributed by atoms with Crippen LogP contribution in [0.1, 0.15) is 37.7 Å². The first kappa shape index (κ1) is 24.1. The number of carbonyl (C=O) groups excluding carboxylic acids is 1. The minimum Gasteiger partial charge on any atom is -0.368 e. The van der Waals surface area contributed by atoms with E-state index < -0.39 is 0 Å². The SMILES string of the molecule is Cn1cc(-c2cc(-c3ccc(NCCNC(=O)CCC#CCC4CC4)nc3)c3c(C#N)cnn3c2)cn1. The Morgan fingerprint density at radius 2 is 1.97 bits per heavy atom. The van der Waals surface area contributed by atoms with E-state index in [2.05, 4.69) is 43.7 Å². The van der Waals surface area contributed by atoms with Crippen molar-refractivity contribution in [1.82, 2.24) is 29.7 Å². The van der Waals surface area contributed by atoms with Crippen molar-refractivity contribution in [2.75, 3.05) is 18.4 Å². The summed E-state index contributed by atoms with van der Waals surface area (Å²) >= 11 is 0. The van der Waals surface area contributed by atoms with E-state index in [1.807, 2.05) is 37.6 Å². The number of aryl methyl sites for hydroxylation is 1. The zero-order valence-corrected chi connectivity index (χ0v) is 20.7. The molecule has 0 aliphatic heterocycles. The Balaban J connectivity index is 1.21. The average molecular weight is 493 g/mol. The maximum atomic E-state index is 12.0. The van der Waals surface area contributed by atoms with Gasteiger partial charge in [-0.3, -0.25) is 9.48 Å². The third-order valence-corrected chi connectivity index (χ3v) is 6.29. The van der Waals surface area contributed by atoms with Crippen LogP contribution in [0.5, 0.6) is 0 Å². The average Bonchev–Trinajstić information content (AvgIpc) is 3.48. The molecule has 0 aromatic carbocycles. The van der Waals surface area contributed by atoms with Crippen LogP contribution in [0.2, 0.25) is 0 Å². The Morgan fingerprint density at radius 3 is 2.70 bits per heavy atom. The van der Waals surface area contributed by atoms with Crippen molar-refractivity contribution in [1.29, 1.82) is 5.26 Å². The molecule has 1 aliphatic carbocycles. The lowest BCUT2D eigenvalue weighted by Gasteiger charge is -2.10. The van der Waals surface area contributed by atoms with E-state index in [4.69, 9.17) is 0 Å². The zero-order chi connectivity index (χ0) is 25.6. The molecule has 0 unspecified atom stereocenters. The van der Waals surface area contributed by atoms with E-state index in [1.54, 1.807) is 27.8 Å². The van der Waals surface area contributed by atoms with E-state index in [-0.39, 0.29) is 5.91 Å². The molecule has 1 saturated carbocycles. The van der Waals surface area contributed by atoms with Gasteiger partial charge in [0.05, 0.1) is 23.5 Å². The minimum absolute atomic E-state index is 0.0115. The monoisotopic (exact) mass is 492 g/mol. The zero-order valence-electron chi connectivity index (χ0n) is 20.7. The van der Waals surface area contributed by atoms with Gasteiger partial charge in [0.2, 0.25) is 5.91 Å². The highest BCUT2D eigenvalue weighted by Gasteiger charge is 2.19. The summed E-state index contributed by atoms with van der Waals surface area (Å²) in [6, 6.07) is 8.12. The van der Waals surface area contributed by atoms with Gasteiger partial charge in [-0.2, -0.15) is 15.5 Å². The van der Waals surface area contributed by atoms with Crippen LogP contribution in [0.3, 0.4) is 0 Å². The number of fused-ring (bicyclic) bond motifs is 1. The van der Waals surface area contributed by atoms with Gasteiger partial charge in [0.25, 0.3) is 0 Å². The topological polar surface area (TPSA) is 113 Å². The van der Waals surface area contributed by atoms with Crippen LogP contribution < -0.4 is 10.6 Å². The molecule has 5 rings (SSSR count). The van der Waals surface area contributed by atoms with Crippen LogP contribution in [-0.2, 0) is 11.8 Å². The van der Waals surface area contributed by atoms with E-state index >= 15 is 0 Å². The molecule has 2 N–H and O–H groups in total. The predicted octanol–water partition coefficient (Wildman–Crippen LogP) is 3.78. The normalized spacial score (nSPS) is 12.5. The lowest BCUT2D eigenvalue weighted by Crippen LogP contribution is -2.28. The maximum Gasteiger partial charge on any atom is 0.221 e. The molecule has 0 bridgehead atoms. The molecule has 0 radical (unpaired) electrons. The highest BCUT2D eigenvalue weighted by Crippen LogP contribution is 2.32. The first-order valence-electron chi connectivity index (χ1n) is 12.4. The summed E-state index contributed by atoms with van der Waals surface area (Å²) in [6.45, 7) is 1.07. The number of pyridine rings is 2. The van der Waals surface area contributed by atoms with Gasteiger partial charge in [-0.15, -0.1) is 11.8 Å². The molecule has 0 atom stereocenters. The molecule has 4 aromatic heterocycles. The Bertz CT molecular complexity index is 1510. The summed E-state index contributed by atoms with van der Waals surface area (Å²) in [5.74, 6) is 7.77. The lowest BCUT2D eigenvalue weighted by atomic mass is 10.0. The van der Waals surface area contributed by atoms with Gasteiger partial charge in [0, 0.05) is 80.2 Å². The number of nitriles is 1. The van der Waals surface area contributed by atoms with Gasteiger partial charge in [-0.25, -0.2) is 9.50 Å². The molecule has 9 heteroatoms. The molecular weight excluding hydrogens is 464 g/mol. The predicted molar refractivity (Wildman–Crippen MR) is 141 cm³/mol. The molecule has 186 valence electrons. The molecule has 37 heavy (non-hydrogen) atoms. The summed E-state index contributed by atoms with van der Waals surface area (Å²) in [5.41, 5.74) is 4.86. The summed E-state index contributed by atoms with van der Waals surface area (Å²) in [5, 5.41) is 24.4. The van der Waals surface area contributed by atoms with E-state index in [0.29, 0.717) is 37.3 Å². The van der Waals surface area contributed by atoms with Gasteiger partial charge in [-0.05, 0) is 37.0 Å². The summed E-state index contributed by atoms with van der Waals surface area (Å²) < 4.78 is 3.47. The van der Waals surface area contributed by atoms with Crippen molar-refractivity contribution in [2.24, 2.45) is 13.0 Å².